The van der Waals surface area contributed by atoms with Gasteiger partial charge in [0.2, 0.25) is 5.95 Å². The molecule has 11 heteroatoms. The van der Waals surface area contributed by atoms with Gasteiger partial charge >= 0.3 is 12.2 Å². The van der Waals surface area contributed by atoms with E-state index in [1.165, 1.54) is 16.6 Å². The first-order valence-electron chi connectivity index (χ1n) is 10.4. The highest BCUT2D eigenvalue weighted by Gasteiger charge is 2.33. The fourth-order valence-electron chi connectivity index (χ4n) is 3.66. The molecule has 32 heavy (non-hydrogen) atoms. The van der Waals surface area contributed by atoms with E-state index >= 15 is 0 Å². The van der Waals surface area contributed by atoms with Crippen molar-refractivity contribution in [3.63, 3.8) is 0 Å². The SMILES string of the molecule is CC(C)c1cnn2c(NCc3ccc(Cl)cc3C(F)(F)F)nc(OC3CCCNC3)nc12. The number of fused-ring (bicyclic) bond motifs is 1. The van der Waals surface area contributed by atoms with Crippen LogP contribution in [0.4, 0.5) is 19.1 Å². The molecule has 0 bridgehead atoms. The molecule has 1 unspecified atom stereocenters. The van der Waals surface area contributed by atoms with Gasteiger partial charge in [0.1, 0.15) is 6.10 Å². The average molecular weight is 469 g/mol. The Labute approximate surface area is 188 Å². The molecule has 1 aromatic carbocycles. The van der Waals surface area contributed by atoms with Crippen molar-refractivity contribution in [1.82, 2.24) is 24.9 Å². The van der Waals surface area contributed by atoms with Crippen LogP contribution in [0, 0.1) is 0 Å². The fourth-order valence-corrected chi connectivity index (χ4v) is 3.83. The van der Waals surface area contributed by atoms with E-state index in [0.29, 0.717) is 12.2 Å². The maximum absolute atomic E-state index is 13.5. The van der Waals surface area contributed by atoms with Gasteiger partial charge in [-0.2, -0.15) is 32.8 Å². The second-order valence-corrected chi connectivity index (χ2v) is 8.50. The van der Waals surface area contributed by atoms with E-state index < -0.39 is 11.7 Å². The first-order valence-corrected chi connectivity index (χ1v) is 10.8. The molecule has 0 amide bonds. The summed E-state index contributed by atoms with van der Waals surface area (Å²) in [5, 5.41) is 10.6. The van der Waals surface area contributed by atoms with Crippen LogP contribution in [0.2, 0.25) is 5.02 Å². The Kier molecular flexibility index (Phi) is 6.43. The summed E-state index contributed by atoms with van der Waals surface area (Å²) in [6.07, 6.45) is -1.05. The molecule has 3 heterocycles. The number of aromatic nitrogens is 4. The summed E-state index contributed by atoms with van der Waals surface area (Å²) in [7, 11) is 0. The Morgan fingerprint density at radius 1 is 1.31 bits per heavy atom. The van der Waals surface area contributed by atoms with Crippen molar-refractivity contribution in [3.05, 3.63) is 46.1 Å². The van der Waals surface area contributed by atoms with E-state index in [1.807, 2.05) is 13.8 Å². The molecule has 4 rings (SSSR count). The summed E-state index contributed by atoms with van der Waals surface area (Å²) in [6.45, 7) is 5.53. The molecule has 0 saturated carbocycles. The van der Waals surface area contributed by atoms with Gasteiger partial charge < -0.3 is 15.4 Å². The van der Waals surface area contributed by atoms with Gasteiger partial charge in [-0.05, 0) is 43.0 Å². The Balaban J connectivity index is 1.67. The van der Waals surface area contributed by atoms with Gasteiger partial charge in [-0.1, -0.05) is 31.5 Å². The minimum atomic E-state index is -4.53. The highest BCUT2D eigenvalue weighted by atomic mass is 35.5. The molecule has 0 radical (unpaired) electrons. The summed E-state index contributed by atoms with van der Waals surface area (Å²) >= 11 is 5.79. The number of hydrogen-bond acceptors (Lipinski definition) is 6. The summed E-state index contributed by atoms with van der Waals surface area (Å²) in [6, 6.07) is 3.87. The number of alkyl halides is 3. The minimum absolute atomic E-state index is 0.0240. The molecular formula is C21H24ClF3N6O. The molecule has 1 fully saturated rings. The number of anilines is 1. The number of ether oxygens (including phenoxy) is 1. The maximum atomic E-state index is 13.5. The van der Waals surface area contributed by atoms with Crippen LogP contribution in [0.5, 0.6) is 6.01 Å². The van der Waals surface area contributed by atoms with E-state index in [2.05, 4.69) is 25.7 Å². The summed E-state index contributed by atoms with van der Waals surface area (Å²) < 4.78 is 47.9. The minimum Gasteiger partial charge on any atom is -0.459 e. The summed E-state index contributed by atoms with van der Waals surface area (Å²) in [5.41, 5.74) is 0.702. The predicted molar refractivity (Wildman–Crippen MR) is 115 cm³/mol. The Bertz CT molecular complexity index is 1100. The van der Waals surface area contributed by atoms with E-state index in [9.17, 15) is 13.2 Å². The van der Waals surface area contributed by atoms with E-state index in [4.69, 9.17) is 16.3 Å². The van der Waals surface area contributed by atoms with Crippen LogP contribution in [-0.2, 0) is 12.7 Å². The molecule has 0 spiro atoms. The zero-order valence-corrected chi connectivity index (χ0v) is 18.5. The molecule has 2 aromatic heterocycles. The number of nitrogens with one attached hydrogen (secondary N) is 2. The fraction of sp³-hybridized carbons (Fsp3) is 0.476. The highest BCUT2D eigenvalue weighted by Crippen LogP contribution is 2.34. The molecule has 1 aliphatic heterocycles. The van der Waals surface area contributed by atoms with Crippen LogP contribution >= 0.6 is 11.6 Å². The largest absolute Gasteiger partial charge is 0.459 e. The lowest BCUT2D eigenvalue weighted by Crippen LogP contribution is -2.37. The lowest BCUT2D eigenvalue weighted by atomic mass is 10.1. The van der Waals surface area contributed by atoms with E-state index in [1.54, 1.807) is 6.20 Å². The topological polar surface area (TPSA) is 76.4 Å². The standard InChI is InChI=1S/C21H24ClF3N6O/c1-12(2)16-11-28-31-18(16)29-20(32-15-4-3-7-26-10-15)30-19(31)27-9-13-5-6-14(22)8-17(13)21(23,24)25/h5-6,8,11-12,15,26H,3-4,7,9-10H2,1-2H3,(H,27,29,30). The van der Waals surface area contributed by atoms with Crippen molar-refractivity contribution < 1.29 is 17.9 Å². The third-order valence-electron chi connectivity index (χ3n) is 5.33. The second-order valence-electron chi connectivity index (χ2n) is 8.06. The van der Waals surface area contributed by atoms with Gasteiger partial charge in [-0.3, -0.25) is 0 Å². The van der Waals surface area contributed by atoms with Crippen LogP contribution in [0.15, 0.2) is 24.4 Å². The van der Waals surface area contributed by atoms with Gasteiger partial charge in [-0.15, -0.1) is 0 Å². The van der Waals surface area contributed by atoms with Gasteiger partial charge in [-0.25, -0.2) is 0 Å². The first kappa shape index (κ1) is 22.6. The number of hydrogen-bond donors (Lipinski definition) is 2. The van der Waals surface area contributed by atoms with Gasteiger partial charge in [0.15, 0.2) is 5.65 Å². The molecule has 0 aliphatic carbocycles. The Morgan fingerprint density at radius 3 is 2.81 bits per heavy atom. The third kappa shape index (κ3) is 4.91. The maximum Gasteiger partial charge on any atom is 0.416 e. The molecule has 3 aromatic rings. The van der Waals surface area contributed by atoms with Crippen LogP contribution in [0.25, 0.3) is 5.65 Å². The molecule has 172 valence electrons. The second kappa shape index (κ2) is 9.11. The number of rotatable bonds is 6. The summed E-state index contributed by atoms with van der Waals surface area (Å²) in [5.74, 6) is 0.399. The van der Waals surface area contributed by atoms with Crippen molar-refractivity contribution in [1.29, 1.82) is 0 Å². The van der Waals surface area contributed by atoms with E-state index in [-0.39, 0.29) is 41.1 Å². The predicted octanol–water partition coefficient (Wildman–Crippen LogP) is 4.66. The van der Waals surface area contributed by atoms with E-state index in [0.717, 1.165) is 31.0 Å². The molecule has 1 atom stereocenters. The normalized spacial score (nSPS) is 17.2. The third-order valence-corrected chi connectivity index (χ3v) is 5.57. The van der Waals surface area contributed by atoms with Crippen molar-refractivity contribution in [2.24, 2.45) is 0 Å². The lowest BCUT2D eigenvalue weighted by molar-refractivity contribution is -0.138. The van der Waals surface area contributed by atoms with Gasteiger partial charge in [0, 0.05) is 23.7 Å². The number of benzene rings is 1. The van der Waals surface area contributed by atoms with Crippen LogP contribution in [0.3, 0.4) is 0 Å². The monoisotopic (exact) mass is 468 g/mol. The van der Waals surface area contributed by atoms with Crippen LogP contribution < -0.4 is 15.4 Å². The van der Waals surface area contributed by atoms with Gasteiger partial charge in [0.25, 0.3) is 0 Å². The van der Waals surface area contributed by atoms with Crippen molar-refractivity contribution >= 4 is 23.2 Å². The molecule has 2 N–H and O–H groups in total. The molecule has 1 saturated heterocycles. The van der Waals surface area contributed by atoms with Crippen LogP contribution in [0.1, 0.15) is 49.3 Å². The molecular weight excluding hydrogens is 445 g/mol. The Hall–Kier alpha value is -2.59. The van der Waals surface area contributed by atoms with Gasteiger partial charge in [0.05, 0.1) is 11.8 Å². The highest BCUT2D eigenvalue weighted by molar-refractivity contribution is 6.30. The van der Waals surface area contributed by atoms with Crippen LogP contribution in [-0.4, -0.2) is 38.8 Å². The first-order chi connectivity index (χ1) is 15.2. The number of piperidine rings is 1. The number of halogens is 4. The zero-order chi connectivity index (χ0) is 22.9. The molecule has 7 nitrogen and oxygen atoms in total. The zero-order valence-electron chi connectivity index (χ0n) is 17.7. The van der Waals surface area contributed by atoms with Crippen molar-refractivity contribution in [2.45, 2.75) is 51.4 Å². The quantitative estimate of drug-likeness (QED) is 0.548. The lowest BCUT2D eigenvalue weighted by Gasteiger charge is -2.23. The number of nitrogens with zero attached hydrogens (tertiary/aromatic N) is 4. The van der Waals surface area contributed by atoms with Crippen molar-refractivity contribution in [2.75, 3.05) is 18.4 Å². The molecule has 1 aliphatic rings. The Morgan fingerprint density at radius 2 is 2.12 bits per heavy atom. The average Bonchev–Trinajstić information content (AvgIpc) is 3.17. The smallest absolute Gasteiger partial charge is 0.416 e. The van der Waals surface area contributed by atoms with Crippen molar-refractivity contribution in [3.8, 4) is 6.01 Å². The summed E-state index contributed by atoms with van der Waals surface area (Å²) in [4.78, 5) is 8.95.